The van der Waals surface area contributed by atoms with Gasteiger partial charge >= 0.3 is 6.03 Å². The number of piperazine rings is 1. The Morgan fingerprint density at radius 3 is 2.54 bits per heavy atom. The Labute approximate surface area is 242 Å². The van der Waals surface area contributed by atoms with E-state index in [9.17, 15) is 14.4 Å². The van der Waals surface area contributed by atoms with Gasteiger partial charge in [0.2, 0.25) is 11.8 Å². The van der Waals surface area contributed by atoms with Gasteiger partial charge in [0.1, 0.15) is 5.75 Å². The van der Waals surface area contributed by atoms with Crippen molar-refractivity contribution >= 4 is 23.5 Å². The molecule has 2 aliphatic rings. The van der Waals surface area contributed by atoms with Gasteiger partial charge in [0, 0.05) is 43.5 Å². The maximum Gasteiger partial charge on any atom is 0.324 e. The van der Waals surface area contributed by atoms with Crippen LogP contribution in [-0.4, -0.2) is 81.2 Å². The van der Waals surface area contributed by atoms with Crippen molar-refractivity contribution < 1.29 is 28.6 Å². The molecule has 2 fully saturated rings. The first kappa shape index (κ1) is 30.0. The number of unbranched alkanes of at least 4 members (excludes halogenated alkanes) is 2. The van der Waals surface area contributed by atoms with E-state index in [1.807, 2.05) is 41.3 Å². The summed E-state index contributed by atoms with van der Waals surface area (Å²) in [6.07, 6.45) is 3.34. The van der Waals surface area contributed by atoms with Crippen molar-refractivity contribution in [3.05, 3.63) is 47.5 Å². The molecule has 41 heavy (non-hydrogen) atoms. The lowest BCUT2D eigenvalue weighted by molar-refractivity contribution is -0.137. The smallest absolute Gasteiger partial charge is 0.324 e. The number of benzene rings is 2. The Balaban J connectivity index is 1.47. The van der Waals surface area contributed by atoms with Crippen molar-refractivity contribution in [3.63, 3.8) is 0 Å². The third kappa shape index (κ3) is 7.62. The van der Waals surface area contributed by atoms with Gasteiger partial charge in [-0.3, -0.25) is 14.5 Å². The lowest BCUT2D eigenvalue weighted by atomic mass is 10.0. The van der Waals surface area contributed by atoms with Crippen LogP contribution >= 0.6 is 0 Å². The minimum atomic E-state index is -0.141. The van der Waals surface area contributed by atoms with E-state index in [0.717, 1.165) is 36.1 Å². The van der Waals surface area contributed by atoms with E-state index in [1.165, 1.54) is 0 Å². The van der Waals surface area contributed by atoms with E-state index in [0.29, 0.717) is 56.6 Å². The van der Waals surface area contributed by atoms with Crippen LogP contribution in [0.25, 0.3) is 0 Å². The molecule has 4 rings (SSSR count). The van der Waals surface area contributed by atoms with Crippen molar-refractivity contribution in [1.82, 2.24) is 15.1 Å². The monoisotopic (exact) mass is 566 g/mol. The summed E-state index contributed by atoms with van der Waals surface area (Å²) in [7, 11) is 3.20. The Morgan fingerprint density at radius 2 is 1.80 bits per heavy atom. The molecule has 2 aromatic rings. The number of hydrogen-bond acceptors (Lipinski definition) is 6. The number of methoxy groups -OCH3 is 2. The van der Waals surface area contributed by atoms with Gasteiger partial charge < -0.3 is 29.3 Å². The highest BCUT2D eigenvalue weighted by molar-refractivity contribution is 5.93. The van der Waals surface area contributed by atoms with Crippen LogP contribution in [0.2, 0.25) is 0 Å². The zero-order valence-electron chi connectivity index (χ0n) is 24.6. The number of ether oxygens (including phenoxy) is 3. The lowest BCUT2D eigenvalue weighted by Crippen LogP contribution is -2.52. The number of carbonyl (C=O) groups excluding carboxylic acids is 3. The highest BCUT2D eigenvalue weighted by Crippen LogP contribution is 2.34. The van der Waals surface area contributed by atoms with E-state index in [4.69, 9.17) is 14.2 Å². The van der Waals surface area contributed by atoms with Gasteiger partial charge in [0.25, 0.3) is 0 Å². The fourth-order valence-corrected chi connectivity index (χ4v) is 5.27. The van der Waals surface area contributed by atoms with Crippen LogP contribution in [0, 0.1) is 5.92 Å². The predicted molar refractivity (Wildman–Crippen MR) is 157 cm³/mol. The maximum absolute atomic E-state index is 13.7. The normalized spacial score (nSPS) is 17.4. The van der Waals surface area contributed by atoms with Gasteiger partial charge in [-0.15, -0.1) is 0 Å². The van der Waals surface area contributed by atoms with Gasteiger partial charge in [-0.25, -0.2) is 4.79 Å². The Morgan fingerprint density at radius 1 is 1.00 bits per heavy atom. The van der Waals surface area contributed by atoms with Gasteiger partial charge in [-0.2, -0.15) is 0 Å². The predicted octanol–water partition coefficient (Wildman–Crippen LogP) is 3.85. The first-order valence-corrected chi connectivity index (χ1v) is 14.4. The number of rotatable bonds is 12. The fraction of sp³-hybridized carbons (Fsp3) is 0.516. The van der Waals surface area contributed by atoms with Crippen LogP contribution in [0.3, 0.4) is 0 Å². The third-order valence-electron chi connectivity index (χ3n) is 7.45. The number of urea groups is 1. The summed E-state index contributed by atoms with van der Waals surface area (Å²) in [5.41, 5.74) is 2.43. The van der Waals surface area contributed by atoms with Crippen molar-refractivity contribution in [2.45, 2.75) is 46.1 Å². The van der Waals surface area contributed by atoms with Crippen LogP contribution in [0.4, 0.5) is 10.5 Å². The SMILES string of the molecule is CCCCCOc1cc(N2CC(C)CN(Cc3ccc(CC(=O)N4CCNC(=O)C4)cc3OC)C2=O)ccc1OC. The van der Waals surface area contributed by atoms with Crippen LogP contribution in [0.15, 0.2) is 36.4 Å². The number of nitrogens with one attached hydrogen (secondary N) is 1. The maximum atomic E-state index is 13.7. The molecule has 1 atom stereocenters. The number of amides is 4. The van der Waals surface area contributed by atoms with E-state index in [-0.39, 0.29) is 36.7 Å². The fourth-order valence-electron chi connectivity index (χ4n) is 5.27. The lowest BCUT2D eigenvalue weighted by Gasteiger charge is -2.39. The molecule has 4 amide bonds. The van der Waals surface area contributed by atoms with Gasteiger partial charge in [-0.05, 0) is 36.1 Å². The van der Waals surface area contributed by atoms with Crippen molar-refractivity contribution in [1.29, 1.82) is 0 Å². The topological polar surface area (TPSA) is 101 Å². The van der Waals surface area contributed by atoms with Crippen molar-refractivity contribution in [2.24, 2.45) is 5.92 Å². The second-order valence-corrected chi connectivity index (χ2v) is 10.8. The summed E-state index contributed by atoms with van der Waals surface area (Å²) in [5.74, 6) is 1.91. The molecule has 0 radical (unpaired) electrons. The minimum absolute atomic E-state index is 0.0838. The summed E-state index contributed by atoms with van der Waals surface area (Å²) >= 11 is 0. The second kappa shape index (κ2) is 14.1. The molecule has 0 bridgehead atoms. The zero-order chi connectivity index (χ0) is 29.4. The molecule has 10 nitrogen and oxygen atoms in total. The number of nitrogens with zero attached hydrogens (tertiary/aromatic N) is 3. The summed E-state index contributed by atoms with van der Waals surface area (Å²) in [5, 5.41) is 2.74. The quantitative estimate of drug-likeness (QED) is 0.392. The zero-order valence-corrected chi connectivity index (χ0v) is 24.6. The standard InChI is InChI=1S/C31H42N4O6/c1-5-6-7-14-41-28-17-25(10-11-26(28)39-3)35-19-22(2)18-34(31(35)38)20-24-9-8-23(15-27(24)40-4)16-30(37)33-13-12-32-29(36)21-33/h8-11,15,17,22H,5-7,12-14,16,18-21H2,1-4H3,(H,32,36). The first-order valence-electron chi connectivity index (χ1n) is 14.4. The minimum Gasteiger partial charge on any atom is -0.496 e. The van der Waals surface area contributed by atoms with Gasteiger partial charge in [-0.1, -0.05) is 38.8 Å². The second-order valence-electron chi connectivity index (χ2n) is 10.8. The Bertz CT molecular complexity index is 1240. The van der Waals surface area contributed by atoms with E-state index in [2.05, 4.69) is 19.2 Å². The summed E-state index contributed by atoms with van der Waals surface area (Å²) in [6, 6.07) is 11.2. The molecule has 10 heteroatoms. The molecule has 1 N–H and O–H groups in total. The molecule has 0 spiro atoms. The Hall–Kier alpha value is -3.95. The van der Waals surface area contributed by atoms with Crippen LogP contribution in [0.5, 0.6) is 17.2 Å². The number of carbonyl (C=O) groups is 3. The molecular weight excluding hydrogens is 524 g/mol. The van der Waals surface area contributed by atoms with E-state index >= 15 is 0 Å². The molecular formula is C31H42N4O6. The van der Waals surface area contributed by atoms with Crippen LogP contribution in [-0.2, 0) is 22.6 Å². The summed E-state index contributed by atoms with van der Waals surface area (Å²) in [4.78, 5) is 43.3. The van der Waals surface area contributed by atoms with Gasteiger partial charge in [0.15, 0.2) is 11.5 Å². The number of anilines is 1. The number of hydrogen-bond donors (Lipinski definition) is 1. The molecule has 0 aromatic heterocycles. The molecule has 2 heterocycles. The summed E-state index contributed by atoms with van der Waals surface area (Å²) in [6.45, 7) is 7.53. The molecule has 2 saturated heterocycles. The third-order valence-corrected chi connectivity index (χ3v) is 7.45. The van der Waals surface area contributed by atoms with Crippen LogP contribution < -0.4 is 24.4 Å². The molecule has 2 aromatic carbocycles. The molecule has 0 saturated carbocycles. The first-order chi connectivity index (χ1) is 19.8. The summed E-state index contributed by atoms with van der Waals surface area (Å²) < 4.78 is 17.2. The van der Waals surface area contributed by atoms with Gasteiger partial charge in [0.05, 0.1) is 40.3 Å². The average Bonchev–Trinajstić information content (AvgIpc) is 2.97. The van der Waals surface area contributed by atoms with E-state index < -0.39 is 0 Å². The van der Waals surface area contributed by atoms with Crippen LogP contribution in [0.1, 0.15) is 44.2 Å². The average molecular weight is 567 g/mol. The highest BCUT2D eigenvalue weighted by Gasteiger charge is 2.32. The Kier molecular flexibility index (Phi) is 10.3. The van der Waals surface area contributed by atoms with Crippen molar-refractivity contribution in [2.75, 3.05) is 58.5 Å². The molecule has 222 valence electrons. The molecule has 2 aliphatic heterocycles. The largest absolute Gasteiger partial charge is 0.496 e. The van der Waals surface area contributed by atoms with Crippen molar-refractivity contribution in [3.8, 4) is 17.2 Å². The highest BCUT2D eigenvalue weighted by atomic mass is 16.5. The molecule has 0 aliphatic carbocycles. The van der Waals surface area contributed by atoms with E-state index in [1.54, 1.807) is 24.0 Å². The molecule has 1 unspecified atom stereocenters.